The highest BCUT2D eigenvalue weighted by molar-refractivity contribution is 6.07. The lowest BCUT2D eigenvalue weighted by atomic mass is 10.1. The van der Waals surface area contributed by atoms with Crippen molar-refractivity contribution < 1.29 is 19.4 Å². The molecule has 0 saturated heterocycles. The second-order valence-corrected chi connectivity index (χ2v) is 4.54. The Morgan fingerprint density at radius 3 is 2.74 bits per heavy atom. The molecule has 2 rings (SSSR count). The van der Waals surface area contributed by atoms with E-state index in [2.05, 4.69) is 10.3 Å². The number of carbonyl (C=O) groups is 2. The fourth-order valence-electron chi connectivity index (χ4n) is 1.84. The van der Waals surface area contributed by atoms with Crippen LogP contribution in [-0.2, 0) is 4.74 Å². The van der Waals surface area contributed by atoms with Crippen LogP contribution in [0.5, 0.6) is 5.88 Å². The zero-order valence-electron chi connectivity index (χ0n) is 12.5. The van der Waals surface area contributed by atoms with Gasteiger partial charge in [-0.15, -0.1) is 0 Å². The third-order valence-electron chi connectivity index (χ3n) is 2.91. The van der Waals surface area contributed by atoms with Crippen LogP contribution >= 0.6 is 0 Å². The molecule has 0 fully saturated rings. The molecular weight excluding hydrogens is 296 g/mol. The van der Waals surface area contributed by atoms with E-state index >= 15 is 0 Å². The van der Waals surface area contributed by atoms with Crippen molar-refractivity contribution in [3.8, 4) is 5.88 Å². The zero-order valence-corrected chi connectivity index (χ0v) is 12.5. The van der Waals surface area contributed by atoms with Crippen molar-refractivity contribution in [3.63, 3.8) is 0 Å². The predicted octanol–water partition coefficient (Wildman–Crippen LogP) is 3.25. The maximum Gasteiger partial charge on any atom is 0.411 e. The second kappa shape index (κ2) is 7.74. The summed E-state index contributed by atoms with van der Waals surface area (Å²) in [6.07, 6.45) is 3.59. The molecule has 6 heteroatoms. The molecule has 0 radical (unpaired) electrons. The quantitative estimate of drug-likeness (QED) is 0.653. The van der Waals surface area contributed by atoms with Crippen molar-refractivity contribution in [2.24, 2.45) is 0 Å². The van der Waals surface area contributed by atoms with Crippen LogP contribution in [0, 0.1) is 0 Å². The third-order valence-corrected chi connectivity index (χ3v) is 2.91. The molecule has 0 aliphatic carbocycles. The number of anilines is 1. The molecule has 0 atom stereocenters. The number of nitrogens with one attached hydrogen (secondary N) is 1. The van der Waals surface area contributed by atoms with E-state index in [0.29, 0.717) is 16.8 Å². The number of pyridine rings is 1. The number of allylic oxidation sites excluding steroid dienone is 1. The number of nitrogens with zero attached hydrogens (tertiary/aromatic N) is 1. The van der Waals surface area contributed by atoms with Gasteiger partial charge in [0.25, 0.3) is 0 Å². The highest BCUT2D eigenvalue weighted by Crippen LogP contribution is 2.21. The SMILES string of the molecule is CCOC(=O)Nc1cc(O)ncc1/C=C/C(=O)c1ccccc1. The molecule has 0 saturated carbocycles. The lowest BCUT2D eigenvalue weighted by Crippen LogP contribution is -2.14. The van der Waals surface area contributed by atoms with Crippen molar-refractivity contribution in [2.75, 3.05) is 11.9 Å². The van der Waals surface area contributed by atoms with Gasteiger partial charge in [0.05, 0.1) is 12.3 Å². The largest absolute Gasteiger partial charge is 0.493 e. The predicted molar refractivity (Wildman–Crippen MR) is 86.4 cm³/mol. The summed E-state index contributed by atoms with van der Waals surface area (Å²) < 4.78 is 4.79. The Hall–Kier alpha value is -3.15. The first-order valence-electron chi connectivity index (χ1n) is 7.00. The summed E-state index contributed by atoms with van der Waals surface area (Å²) in [5.41, 5.74) is 1.32. The summed E-state index contributed by atoms with van der Waals surface area (Å²) in [7, 11) is 0. The number of aromatic nitrogens is 1. The maximum absolute atomic E-state index is 12.1. The van der Waals surface area contributed by atoms with Crippen LogP contribution in [0.15, 0.2) is 48.7 Å². The first-order valence-corrected chi connectivity index (χ1v) is 7.00. The van der Waals surface area contributed by atoms with Crippen molar-refractivity contribution in [1.82, 2.24) is 4.98 Å². The Balaban J connectivity index is 2.20. The lowest BCUT2D eigenvalue weighted by Gasteiger charge is -2.08. The Morgan fingerprint density at radius 2 is 2.04 bits per heavy atom. The summed E-state index contributed by atoms with van der Waals surface area (Å²) in [5, 5.41) is 11.9. The van der Waals surface area contributed by atoms with Gasteiger partial charge in [0, 0.05) is 23.4 Å². The fraction of sp³-hybridized carbons (Fsp3) is 0.118. The van der Waals surface area contributed by atoms with Crippen LogP contribution in [0.3, 0.4) is 0 Å². The van der Waals surface area contributed by atoms with Crippen molar-refractivity contribution in [2.45, 2.75) is 6.92 Å². The number of carbonyl (C=O) groups excluding carboxylic acids is 2. The number of hydrogen-bond donors (Lipinski definition) is 2. The monoisotopic (exact) mass is 312 g/mol. The van der Waals surface area contributed by atoms with Crippen LogP contribution in [0.25, 0.3) is 6.08 Å². The van der Waals surface area contributed by atoms with E-state index in [1.165, 1.54) is 24.4 Å². The molecule has 118 valence electrons. The lowest BCUT2D eigenvalue weighted by molar-refractivity contribution is 0.104. The number of ether oxygens (including phenoxy) is 1. The first-order chi connectivity index (χ1) is 11.1. The molecule has 0 bridgehead atoms. The average Bonchev–Trinajstić information content (AvgIpc) is 2.55. The van der Waals surface area contributed by atoms with E-state index in [1.54, 1.807) is 31.2 Å². The van der Waals surface area contributed by atoms with Crippen LogP contribution in [0.4, 0.5) is 10.5 Å². The maximum atomic E-state index is 12.1. The summed E-state index contributed by atoms with van der Waals surface area (Å²) in [6.45, 7) is 1.91. The molecule has 1 heterocycles. The summed E-state index contributed by atoms with van der Waals surface area (Å²) >= 11 is 0. The Morgan fingerprint density at radius 1 is 1.30 bits per heavy atom. The van der Waals surface area contributed by atoms with Crippen LogP contribution in [-0.4, -0.2) is 28.6 Å². The molecule has 0 aliphatic rings. The van der Waals surface area contributed by atoms with Gasteiger partial charge in [-0.3, -0.25) is 10.1 Å². The zero-order chi connectivity index (χ0) is 16.7. The molecule has 1 aromatic carbocycles. The van der Waals surface area contributed by atoms with Gasteiger partial charge in [0.1, 0.15) is 0 Å². The van der Waals surface area contributed by atoms with Gasteiger partial charge in [-0.05, 0) is 19.1 Å². The number of amides is 1. The first kappa shape index (κ1) is 16.2. The minimum atomic E-state index is -0.651. The Bertz CT molecular complexity index is 727. The van der Waals surface area contributed by atoms with Crippen LogP contribution < -0.4 is 5.32 Å². The van der Waals surface area contributed by atoms with Gasteiger partial charge in [0.2, 0.25) is 5.88 Å². The van der Waals surface area contributed by atoms with Crippen LogP contribution in [0.2, 0.25) is 0 Å². The average molecular weight is 312 g/mol. The molecule has 1 aromatic heterocycles. The van der Waals surface area contributed by atoms with E-state index < -0.39 is 6.09 Å². The van der Waals surface area contributed by atoms with E-state index in [4.69, 9.17) is 4.74 Å². The van der Waals surface area contributed by atoms with Gasteiger partial charge in [-0.25, -0.2) is 9.78 Å². The number of rotatable bonds is 5. The van der Waals surface area contributed by atoms with E-state index in [0.717, 1.165) is 0 Å². The molecule has 23 heavy (non-hydrogen) atoms. The number of aromatic hydroxyl groups is 1. The molecule has 1 amide bonds. The van der Waals surface area contributed by atoms with Gasteiger partial charge in [0.15, 0.2) is 5.78 Å². The molecule has 0 unspecified atom stereocenters. The van der Waals surface area contributed by atoms with Gasteiger partial charge >= 0.3 is 6.09 Å². The number of ketones is 1. The summed E-state index contributed by atoms with van der Waals surface area (Å²) in [4.78, 5) is 27.3. The standard InChI is InChI=1S/C17H16N2O4/c1-2-23-17(22)19-14-10-16(21)18-11-13(14)8-9-15(20)12-6-4-3-5-7-12/h3-11H,2H2,1H3,(H2,18,19,21,22)/b9-8+. The van der Waals surface area contributed by atoms with Crippen molar-refractivity contribution in [1.29, 1.82) is 0 Å². The normalized spacial score (nSPS) is 10.5. The third kappa shape index (κ3) is 4.67. The minimum absolute atomic E-state index is 0.180. The highest BCUT2D eigenvalue weighted by atomic mass is 16.5. The van der Waals surface area contributed by atoms with Crippen molar-refractivity contribution in [3.05, 3.63) is 59.8 Å². The second-order valence-electron chi connectivity index (χ2n) is 4.54. The molecule has 0 aliphatic heterocycles. The Labute approximate surface area is 133 Å². The molecule has 0 spiro atoms. The highest BCUT2D eigenvalue weighted by Gasteiger charge is 2.08. The summed E-state index contributed by atoms with van der Waals surface area (Å²) in [6, 6.07) is 10.1. The molecular formula is C17H16N2O4. The molecule has 2 N–H and O–H groups in total. The minimum Gasteiger partial charge on any atom is -0.493 e. The van der Waals surface area contributed by atoms with E-state index in [-0.39, 0.29) is 18.3 Å². The van der Waals surface area contributed by atoms with Gasteiger partial charge < -0.3 is 9.84 Å². The smallest absolute Gasteiger partial charge is 0.411 e. The summed E-state index contributed by atoms with van der Waals surface area (Å²) in [5.74, 6) is -0.427. The van der Waals surface area contributed by atoms with Crippen molar-refractivity contribution >= 4 is 23.6 Å². The van der Waals surface area contributed by atoms with E-state index in [1.807, 2.05) is 6.07 Å². The van der Waals surface area contributed by atoms with Gasteiger partial charge in [-0.2, -0.15) is 0 Å². The number of benzene rings is 1. The fourth-order valence-corrected chi connectivity index (χ4v) is 1.84. The van der Waals surface area contributed by atoms with Crippen LogP contribution in [0.1, 0.15) is 22.8 Å². The number of hydrogen-bond acceptors (Lipinski definition) is 5. The topological polar surface area (TPSA) is 88.5 Å². The molecule has 2 aromatic rings. The van der Waals surface area contributed by atoms with E-state index in [9.17, 15) is 14.7 Å². The Kier molecular flexibility index (Phi) is 5.46. The molecule has 6 nitrogen and oxygen atoms in total. The van der Waals surface area contributed by atoms with Gasteiger partial charge in [-0.1, -0.05) is 30.3 Å².